The van der Waals surface area contributed by atoms with Crippen LogP contribution >= 0.6 is 11.6 Å². The van der Waals surface area contributed by atoms with Crippen molar-refractivity contribution in [2.24, 2.45) is 5.73 Å². The van der Waals surface area contributed by atoms with E-state index in [1.54, 1.807) is 0 Å². The number of nitrogens with one attached hydrogen (secondary N) is 1. The van der Waals surface area contributed by atoms with Gasteiger partial charge in [0, 0.05) is 35.1 Å². The molecule has 1 heterocycles. The summed E-state index contributed by atoms with van der Waals surface area (Å²) in [6.45, 7) is 4.70. The van der Waals surface area contributed by atoms with Crippen LogP contribution in [0.5, 0.6) is 0 Å². The summed E-state index contributed by atoms with van der Waals surface area (Å²) in [5, 5.41) is 8.45. The standard InChI is InChI=1S/C14H19ClN4/c1-10(2)19-9-11(8-17-19)14(7-16)18-13-5-3-12(15)4-6-13/h3-6,8-10,14,18H,7,16H2,1-2H3. The summed E-state index contributed by atoms with van der Waals surface area (Å²) in [5.74, 6) is 0. The van der Waals surface area contributed by atoms with Gasteiger partial charge in [-0.25, -0.2) is 0 Å². The van der Waals surface area contributed by atoms with Crippen molar-refractivity contribution >= 4 is 17.3 Å². The van der Waals surface area contributed by atoms with Gasteiger partial charge in [0.2, 0.25) is 0 Å². The summed E-state index contributed by atoms with van der Waals surface area (Å²) < 4.78 is 1.93. The Hall–Kier alpha value is -1.52. The van der Waals surface area contributed by atoms with Crippen LogP contribution in [0, 0.1) is 0 Å². The fraction of sp³-hybridized carbons (Fsp3) is 0.357. The van der Waals surface area contributed by atoms with Gasteiger partial charge in [0.1, 0.15) is 0 Å². The molecule has 0 spiro atoms. The largest absolute Gasteiger partial charge is 0.377 e. The van der Waals surface area contributed by atoms with Crippen LogP contribution in [0.25, 0.3) is 0 Å². The van der Waals surface area contributed by atoms with Gasteiger partial charge in [0.05, 0.1) is 12.2 Å². The van der Waals surface area contributed by atoms with E-state index in [-0.39, 0.29) is 6.04 Å². The van der Waals surface area contributed by atoms with Crippen molar-refractivity contribution in [3.63, 3.8) is 0 Å². The second-order valence-electron chi connectivity index (χ2n) is 4.79. The van der Waals surface area contributed by atoms with E-state index in [4.69, 9.17) is 17.3 Å². The van der Waals surface area contributed by atoms with Crippen LogP contribution < -0.4 is 11.1 Å². The third kappa shape index (κ3) is 3.49. The van der Waals surface area contributed by atoms with Gasteiger partial charge in [-0.1, -0.05) is 11.6 Å². The van der Waals surface area contributed by atoms with E-state index in [1.807, 2.05) is 41.3 Å². The van der Waals surface area contributed by atoms with Crippen molar-refractivity contribution in [1.29, 1.82) is 0 Å². The predicted molar refractivity (Wildman–Crippen MR) is 79.5 cm³/mol. The van der Waals surface area contributed by atoms with Crippen molar-refractivity contribution in [2.75, 3.05) is 11.9 Å². The average molecular weight is 279 g/mol. The van der Waals surface area contributed by atoms with E-state index in [9.17, 15) is 0 Å². The molecule has 0 aliphatic heterocycles. The lowest BCUT2D eigenvalue weighted by Gasteiger charge is -2.16. The highest BCUT2D eigenvalue weighted by molar-refractivity contribution is 6.30. The Morgan fingerprint density at radius 1 is 1.32 bits per heavy atom. The summed E-state index contributed by atoms with van der Waals surface area (Å²) in [4.78, 5) is 0. The summed E-state index contributed by atoms with van der Waals surface area (Å²) in [6.07, 6.45) is 3.89. The molecule has 0 radical (unpaired) electrons. The first kappa shape index (κ1) is 13.9. The Balaban J connectivity index is 2.12. The third-order valence-electron chi connectivity index (χ3n) is 2.97. The Morgan fingerprint density at radius 3 is 2.53 bits per heavy atom. The van der Waals surface area contributed by atoms with Gasteiger partial charge in [0.15, 0.2) is 0 Å². The van der Waals surface area contributed by atoms with Gasteiger partial charge in [-0.05, 0) is 38.1 Å². The van der Waals surface area contributed by atoms with E-state index in [2.05, 4.69) is 24.3 Å². The number of halogens is 1. The van der Waals surface area contributed by atoms with Crippen LogP contribution in [0.4, 0.5) is 5.69 Å². The fourth-order valence-electron chi connectivity index (χ4n) is 1.84. The van der Waals surface area contributed by atoms with Crippen LogP contribution in [0.3, 0.4) is 0 Å². The number of hydrogen-bond acceptors (Lipinski definition) is 3. The molecule has 0 aliphatic carbocycles. The molecule has 1 aromatic heterocycles. The number of aromatic nitrogens is 2. The zero-order valence-corrected chi connectivity index (χ0v) is 11.9. The molecule has 1 aromatic carbocycles. The van der Waals surface area contributed by atoms with Crippen molar-refractivity contribution in [3.05, 3.63) is 47.2 Å². The molecule has 4 nitrogen and oxygen atoms in total. The Kier molecular flexibility index (Phi) is 4.45. The van der Waals surface area contributed by atoms with Crippen molar-refractivity contribution in [3.8, 4) is 0 Å². The minimum absolute atomic E-state index is 0.0497. The molecule has 19 heavy (non-hydrogen) atoms. The molecule has 0 fully saturated rings. The number of benzene rings is 1. The molecule has 0 amide bonds. The summed E-state index contributed by atoms with van der Waals surface area (Å²) in [5.41, 5.74) is 7.93. The van der Waals surface area contributed by atoms with E-state index in [0.29, 0.717) is 12.6 Å². The number of nitrogens with zero attached hydrogens (tertiary/aromatic N) is 2. The van der Waals surface area contributed by atoms with Gasteiger partial charge < -0.3 is 11.1 Å². The van der Waals surface area contributed by atoms with Crippen molar-refractivity contribution in [1.82, 2.24) is 9.78 Å². The fourth-order valence-corrected chi connectivity index (χ4v) is 1.97. The molecule has 1 atom stereocenters. The first-order chi connectivity index (χ1) is 9.10. The third-order valence-corrected chi connectivity index (χ3v) is 3.23. The van der Waals surface area contributed by atoms with Gasteiger partial charge in [-0.3, -0.25) is 4.68 Å². The van der Waals surface area contributed by atoms with Crippen molar-refractivity contribution in [2.45, 2.75) is 25.9 Å². The molecular formula is C14H19ClN4. The lowest BCUT2D eigenvalue weighted by molar-refractivity contribution is 0.531. The Labute approximate surface area is 118 Å². The highest BCUT2D eigenvalue weighted by Gasteiger charge is 2.12. The molecule has 5 heteroatoms. The molecule has 1 unspecified atom stereocenters. The number of nitrogens with two attached hydrogens (primary N) is 1. The maximum atomic E-state index is 5.87. The lowest BCUT2D eigenvalue weighted by Crippen LogP contribution is -2.20. The molecule has 0 saturated heterocycles. The van der Waals surface area contributed by atoms with Crippen LogP contribution in [0.2, 0.25) is 5.02 Å². The van der Waals surface area contributed by atoms with Crippen LogP contribution in [0.1, 0.15) is 31.5 Å². The van der Waals surface area contributed by atoms with Gasteiger partial charge in [0.25, 0.3) is 0 Å². The topological polar surface area (TPSA) is 55.9 Å². The molecule has 2 rings (SSSR count). The minimum Gasteiger partial charge on any atom is -0.377 e. The van der Waals surface area contributed by atoms with Gasteiger partial charge >= 0.3 is 0 Å². The van der Waals surface area contributed by atoms with Crippen molar-refractivity contribution < 1.29 is 0 Å². The monoisotopic (exact) mass is 278 g/mol. The summed E-state index contributed by atoms with van der Waals surface area (Å²) in [7, 11) is 0. The first-order valence-electron chi connectivity index (χ1n) is 6.36. The van der Waals surface area contributed by atoms with Crippen LogP contribution in [0.15, 0.2) is 36.7 Å². The molecule has 0 saturated carbocycles. The summed E-state index contributed by atoms with van der Waals surface area (Å²) in [6, 6.07) is 8.00. The Bertz CT molecular complexity index is 518. The molecule has 2 aromatic rings. The number of hydrogen-bond donors (Lipinski definition) is 2. The highest BCUT2D eigenvalue weighted by atomic mass is 35.5. The van der Waals surface area contributed by atoms with E-state index < -0.39 is 0 Å². The van der Waals surface area contributed by atoms with E-state index in [1.165, 1.54) is 0 Å². The SMILES string of the molecule is CC(C)n1cc(C(CN)Nc2ccc(Cl)cc2)cn1. The highest BCUT2D eigenvalue weighted by Crippen LogP contribution is 2.21. The lowest BCUT2D eigenvalue weighted by atomic mass is 10.1. The van der Waals surface area contributed by atoms with Crippen LogP contribution in [-0.2, 0) is 0 Å². The molecule has 3 N–H and O–H groups in total. The first-order valence-corrected chi connectivity index (χ1v) is 6.74. The zero-order valence-electron chi connectivity index (χ0n) is 11.2. The second-order valence-corrected chi connectivity index (χ2v) is 5.22. The Morgan fingerprint density at radius 2 is 2.00 bits per heavy atom. The van der Waals surface area contributed by atoms with Gasteiger partial charge in [-0.15, -0.1) is 0 Å². The summed E-state index contributed by atoms with van der Waals surface area (Å²) >= 11 is 5.87. The van der Waals surface area contributed by atoms with Crippen LogP contribution in [-0.4, -0.2) is 16.3 Å². The normalized spacial score (nSPS) is 12.7. The number of rotatable bonds is 5. The quantitative estimate of drug-likeness (QED) is 0.883. The van der Waals surface area contributed by atoms with Gasteiger partial charge in [-0.2, -0.15) is 5.10 Å². The molecule has 102 valence electrons. The second kappa shape index (κ2) is 6.08. The molecular weight excluding hydrogens is 260 g/mol. The molecule has 0 aliphatic rings. The minimum atomic E-state index is 0.0497. The van der Waals surface area contributed by atoms with E-state index in [0.717, 1.165) is 16.3 Å². The molecule has 0 bridgehead atoms. The maximum absolute atomic E-state index is 5.87. The average Bonchev–Trinajstić information content (AvgIpc) is 2.88. The van der Waals surface area contributed by atoms with E-state index >= 15 is 0 Å². The zero-order chi connectivity index (χ0) is 13.8. The predicted octanol–water partition coefficient (Wildman–Crippen LogP) is 3.23. The number of anilines is 1. The maximum Gasteiger partial charge on any atom is 0.0667 e. The smallest absolute Gasteiger partial charge is 0.0667 e.